The third kappa shape index (κ3) is 7.79. The normalized spacial score (nSPS) is 14.0. The van der Waals surface area contributed by atoms with E-state index < -0.39 is 41.5 Å². The number of halogens is 2. The van der Waals surface area contributed by atoms with Crippen molar-refractivity contribution in [2.75, 3.05) is 6.61 Å². The Hall–Kier alpha value is -2.90. The molecule has 7 nitrogen and oxygen atoms in total. The Morgan fingerprint density at radius 2 is 1.81 bits per heavy atom. The summed E-state index contributed by atoms with van der Waals surface area (Å²) in [5.41, 5.74) is 6.77. The topological polar surface area (TPSA) is 81.9 Å². The number of rotatable bonds is 11. The molecule has 228 valence electrons. The molecule has 1 N–H and O–H groups in total. The highest BCUT2D eigenvalue weighted by atomic mass is 32.2. The van der Waals surface area contributed by atoms with Gasteiger partial charge in [-0.25, -0.2) is 32.4 Å². The van der Waals surface area contributed by atoms with Crippen LogP contribution in [0.25, 0.3) is 32.4 Å². The van der Waals surface area contributed by atoms with Gasteiger partial charge in [0.2, 0.25) is 0 Å². The van der Waals surface area contributed by atoms with E-state index in [1.165, 1.54) is 12.1 Å². The standard InChI is InChI=1S/C31H37F2N5O2S2Si/c1-31(2,3)42(39)37-26(13-20-11-22(32)15-23(33)12-20)30-24(21-7-8-29-25(14-21)34-18-41-29)16-28-27(36-30)17-35-38(28)19-40-9-10-43(4,5)6/h7-8,11-12,14-18,26,37H,9-10,13,19H2,1-6H3. The number of hydrogen-bond donors (Lipinski definition) is 1. The third-order valence-electron chi connectivity index (χ3n) is 7.01. The molecule has 0 aliphatic rings. The fraction of sp³-hybridized carbons (Fsp3) is 0.387. The van der Waals surface area contributed by atoms with E-state index in [0.29, 0.717) is 23.4 Å². The molecular weight excluding hydrogens is 605 g/mol. The molecule has 3 aromatic heterocycles. The monoisotopic (exact) mass is 641 g/mol. The van der Waals surface area contributed by atoms with E-state index in [1.807, 2.05) is 45.0 Å². The lowest BCUT2D eigenvalue weighted by Crippen LogP contribution is -2.37. The SMILES string of the molecule is CC(C)(C)S(=O)NC(Cc1cc(F)cc(F)c1)c1nc2cnn(COCC[Si](C)(C)C)c2cc1-c1ccc2scnc2c1. The van der Waals surface area contributed by atoms with Crippen LogP contribution in [0.5, 0.6) is 0 Å². The fourth-order valence-corrected chi connectivity index (χ4v) is 6.86. The largest absolute Gasteiger partial charge is 0.360 e. The van der Waals surface area contributed by atoms with E-state index in [1.54, 1.807) is 27.7 Å². The predicted octanol–water partition coefficient (Wildman–Crippen LogP) is 7.63. The molecule has 0 saturated carbocycles. The molecule has 3 heterocycles. The molecule has 0 amide bonds. The van der Waals surface area contributed by atoms with Crippen molar-refractivity contribution in [3.8, 4) is 11.1 Å². The average Bonchev–Trinajstić information content (AvgIpc) is 3.54. The predicted molar refractivity (Wildman–Crippen MR) is 174 cm³/mol. The van der Waals surface area contributed by atoms with Gasteiger partial charge in [-0.05, 0) is 74.7 Å². The van der Waals surface area contributed by atoms with Gasteiger partial charge in [-0.1, -0.05) is 25.7 Å². The zero-order chi connectivity index (χ0) is 30.9. The van der Waals surface area contributed by atoms with Crippen LogP contribution in [0.15, 0.2) is 54.2 Å². The highest BCUT2D eigenvalue weighted by Crippen LogP contribution is 2.35. The molecule has 12 heteroatoms. The van der Waals surface area contributed by atoms with Crippen LogP contribution in [0.2, 0.25) is 25.7 Å². The van der Waals surface area contributed by atoms with Gasteiger partial charge in [0.25, 0.3) is 0 Å². The molecule has 0 fully saturated rings. The van der Waals surface area contributed by atoms with Gasteiger partial charge >= 0.3 is 0 Å². The second-order valence-corrected chi connectivity index (χ2v) is 21.4. The van der Waals surface area contributed by atoms with E-state index >= 15 is 0 Å². The summed E-state index contributed by atoms with van der Waals surface area (Å²) in [4.78, 5) is 9.55. The molecule has 0 aliphatic carbocycles. The van der Waals surface area contributed by atoms with Crippen LogP contribution in [0.3, 0.4) is 0 Å². The molecular formula is C31H37F2N5O2S2Si. The molecule has 5 rings (SSSR count). The van der Waals surface area contributed by atoms with Gasteiger partial charge < -0.3 is 4.74 Å². The molecule has 43 heavy (non-hydrogen) atoms. The second-order valence-electron chi connectivity index (χ2n) is 12.9. The summed E-state index contributed by atoms with van der Waals surface area (Å²) in [6.45, 7) is 13.5. The van der Waals surface area contributed by atoms with Crippen LogP contribution in [-0.2, 0) is 28.9 Å². The molecule has 0 aliphatic heterocycles. The van der Waals surface area contributed by atoms with Crippen LogP contribution >= 0.6 is 11.3 Å². The Balaban J connectivity index is 1.62. The lowest BCUT2D eigenvalue weighted by molar-refractivity contribution is 0.0817. The van der Waals surface area contributed by atoms with Crippen molar-refractivity contribution in [3.05, 3.63) is 77.1 Å². The Morgan fingerprint density at radius 3 is 2.51 bits per heavy atom. The molecule has 2 atom stereocenters. The molecule has 5 aromatic rings. The number of nitrogens with zero attached hydrogens (tertiary/aromatic N) is 4. The summed E-state index contributed by atoms with van der Waals surface area (Å²) >= 11 is 1.56. The number of aromatic nitrogens is 4. The van der Waals surface area contributed by atoms with Crippen molar-refractivity contribution < 1.29 is 17.7 Å². The van der Waals surface area contributed by atoms with Gasteiger partial charge in [-0.2, -0.15) is 5.10 Å². The van der Waals surface area contributed by atoms with Gasteiger partial charge in [0, 0.05) is 26.3 Å². The second kappa shape index (κ2) is 12.6. The average molecular weight is 642 g/mol. The van der Waals surface area contributed by atoms with Gasteiger partial charge in [-0.3, -0.25) is 0 Å². The zero-order valence-electron chi connectivity index (χ0n) is 25.3. The maximum Gasteiger partial charge on any atom is 0.140 e. The van der Waals surface area contributed by atoms with E-state index in [9.17, 15) is 13.0 Å². The minimum absolute atomic E-state index is 0.162. The van der Waals surface area contributed by atoms with E-state index in [0.717, 1.165) is 39.0 Å². The maximum atomic E-state index is 14.2. The minimum atomic E-state index is -1.50. The van der Waals surface area contributed by atoms with Crippen molar-refractivity contribution in [3.63, 3.8) is 0 Å². The first-order chi connectivity index (χ1) is 20.3. The summed E-state index contributed by atoms with van der Waals surface area (Å²) in [7, 11) is -2.74. The fourth-order valence-electron chi connectivity index (χ4n) is 4.64. The number of ether oxygens (including phenoxy) is 1. The summed E-state index contributed by atoms with van der Waals surface area (Å²) in [5.74, 6) is -1.34. The van der Waals surface area contributed by atoms with Crippen LogP contribution in [0, 0.1) is 11.6 Å². The Labute approximate surface area is 258 Å². The number of nitrogens with one attached hydrogen (secondary N) is 1. The van der Waals surface area contributed by atoms with Crippen molar-refractivity contribution in [1.82, 2.24) is 24.5 Å². The number of fused-ring (bicyclic) bond motifs is 2. The third-order valence-corrected chi connectivity index (χ3v) is 11.1. The van der Waals surface area contributed by atoms with Gasteiger partial charge in [0.05, 0.1) is 54.9 Å². The van der Waals surface area contributed by atoms with Crippen molar-refractivity contribution in [2.24, 2.45) is 0 Å². The van der Waals surface area contributed by atoms with Crippen molar-refractivity contribution >= 4 is 51.6 Å². The number of benzene rings is 2. The van der Waals surface area contributed by atoms with Crippen LogP contribution in [0.4, 0.5) is 8.78 Å². The highest BCUT2D eigenvalue weighted by Gasteiger charge is 2.28. The molecule has 0 spiro atoms. The highest BCUT2D eigenvalue weighted by molar-refractivity contribution is 7.84. The molecule has 0 bridgehead atoms. The quantitative estimate of drug-likeness (QED) is 0.118. The number of thiazole rings is 1. The Kier molecular flexibility index (Phi) is 9.24. The van der Waals surface area contributed by atoms with Gasteiger partial charge in [0.15, 0.2) is 0 Å². The Bertz CT molecular complexity index is 1760. The molecule has 2 unspecified atom stereocenters. The molecule has 2 aromatic carbocycles. The van der Waals surface area contributed by atoms with Crippen LogP contribution in [0.1, 0.15) is 38.1 Å². The van der Waals surface area contributed by atoms with Crippen LogP contribution < -0.4 is 4.72 Å². The summed E-state index contributed by atoms with van der Waals surface area (Å²) in [6, 6.07) is 11.9. The lowest BCUT2D eigenvalue weighted by Gasteiger charge is -2.26. The summed E-state index contributed by atoms with van der Waals surface area (Å²) < 4.78 is 53.4. The molecule has 0 saturated heterocycles. The first kappa shape index (κ1) is 31.5. The minimum Gasteiger partial charge on any atom is -0.360 e. The van der Waals surface area contributed by atoms with Gasteiger partial charge in [-0.15, -0.1) is 11.3 Å². The van der Waals surface area contributed by atoms with E-state index in [-0.39, 0.29) is 13.2 Å². The van der Waals surface area contributed by atoms with E-state index in [4.69, 9.17) is 9.72 Å². The summed E-state index contributed by atoms with van der Waals surface area (Å²) in [5, 5.41) is 4.56. The van der Waals surface area contributed by atoms with Crippen molar-refractivity contribution in [1.29, 1.82) is 0 Å². The smallest absolute Gasteiger partial charge is 0.140 e. The number of hydrogen-bond acceptors (Lipinski definition) is 6. The van der Waals surface area contributed by atoms with Crippen LogP contribution in [-0.4, -0.2) is 43.4 Å². The first-order valence-electron chi connectivity index (χ1n) is 14.2. The lowest BCUT2D eigenvalue weighted by atomic mass is 9.95. The van der Waals surface area contributed by atoms with Gasteiger partial charge in [0.1, 0.15) is 23.9 Å². The summed E-state index contributed by atoms with van der Waals surface area (Å²) in [6.07, 6.45) is 1.85. The van der Waals surface area contributed by atoms with E-state index in [2.05, 4.69) is 34.4 Å². The van der Waals surface area contributed by atoms with Crippen molar-refractivity contribution in [2.45, 2.75) is 70.4 Å². The number of pyridine rings is 1. The molecule has 0 radical (unpaired) electrons. The first-order valence-corrected chi connectivity index (χ1v) is 19.9. The zero-order valence-corrected chi connectivity index (χ0v) is 27.9. The Morgan fingerprint density at radius 1 is 1.07 bits per heavy atom. The maximum absolute atomic E-state index is 14.2.